The number of fused-ring (bicyclic) bond motifs is 1. The zero-order chi connectivity index (χ0) is 15.5. The zero-order valence-electron chi connectivity index (χ0n) is 11.8. The molecule has 0 aromatic carbocycles. The Bertz CT molecular complexity index is 847. The summed E-state index contributed by atoms with van der Waals surface area (Å²) in [7, 11) is 0. The van der Waals surface area contributed by atoms with Crippen molar-refractivity contribution in [2.24, 2.45) is 0 Å². The predicted octanol–water partition coefficient (Wildman–Crippen LogP) is 2.11. The molecule has 7 nitrogen and oxygen atoms in total. The van der Waals surface area contributed by atoms with Crippen LogP contribution in [0.4, 0.5) is 0 Å². The van der Waals surface area contributed by atoms with Crippen LogP contribution >= 0.6 is 23.4 Å². The predicted molar refractivity (Wildman–Crippen MR) is 85.3 cm³/mol. The molecular formula is C13H13ClN6OS. The molecule has 3 aromatic heterocycles. The molecular weight excluding hydrogens is 324 g/mol. The van der Waals surface area contributed by atoms with Crippen LogP contribution in [0.1, 0.15) is 18.9 Å². The highest BCUT2D eigenvalue weighted by atomic mass is 35.5. The van der Waals surface area contributed by atoms with E-state index in [1.165, 1.54) is 22.7 Å². The number of aromatic nitrogens is 6. The van der Waals surface area contributed by atoms with Gasteiger partial charge in [0.15, 0.2) is 16.0 Å². The van der Waals surface area contributed by atoms with Gasteiger partial charge in [-0.2, -0.15) is 0 Å². The average molecular weight is 337 g/mol. The van der Waals surface area contributed by atoms with Crippen LogP contribution in [0.5, 0.6) is 0 Å². The molecule has 114 valence electrons. The second-order valence-corrected chi connectivity index (χ2v) is 6.03. The Balaban J connectivity index is 2.07. The highest BCUT2D eigenvalue weighted by Gasteiger charge is 2.14. The summed E-state index contributed by atoms with van der Waals surface area (Å²) < 4.78 is 1.51. The van der Waals surface area contributed by atoms with Crippen molar-refractivity contribution in [2.45, 2.75) is 25.0 Å². The Kier molecular flexibility index (Phi) is 4.39. The third kappa shape index (κ3) is 2.97. The first kappa shape index (κ1) is 15.0. The minimum atomic E-state index is -0.285. The summed E-state index contributed by atoms with van der Waals surface area (Å²) in [6.07, 6.45) is 5.77. The van der Waals surface area contributed by atoms with Crippen molar-refractivity contribution < 1.29 is 0 Å². The van der Waals surface area contributed by atoms with Gasteiger partial charge in [-0.3, -0.25) is 4.57 Å². The summed E-state index contributed by atoms with van der Waals surface area (Å²) in [6, 6.07) is 0. The van der Waals surface area contributed by atoms with Gasteiger partial charge in [0, 0.05) is 23.7 Å². The minimum Gasteiger partial charge on any atom is -0.302 e. The number of nitrogens with zero attached hydrogens (tertiary/aromatic N) is 5. The molecule has 0 aliphatic carbocycles. The Morgan fingerprint density at radius 2 is 2.09 bits per heavy atom. The molecule has 0 fully saturated rings. The maximum atomic E-state index is 12.2. The topological polar surface area (TPSA) is 89.4 Å². The second-order valence-electron chi connectivity index (χ2n) is 4.61. The van der Waals surface area contributed by atoms with Gasteiger partial charge in [0.1, 0.15) is 11.8 Å². The SMILES string of the molecule is CCCSc1nc(Cl)c2[nH]c(=O)n(Cc3cncnc3)c2n1. The van der Waals surface area contributed by atoms with Gasteiger partial charge in [0.25, 0.3) is 0 Å². The second kappa shape index (κ2) is 6.45. The largest absolute Gasteiger partial charge is 0.328 e. The lowest BCUT2D eigenvalue weighted by molar-refractivity contribution is 0.763. The Hall–Kier alpha value is -1.93. The lowest BCUT2D eigenvalue weighted by Crippen LogP contribution is -2.18. The lowest BCUT2D eigenvalue weighted by atomic mass is 10.3. The number of thioether (sulfide) groups is 1. The molecule has 3 heterocycles. The van der Waals surface area contributed by atoms with Crippen LogP contribution in [0, 0.1) is 0 Å². The highest BCUT2D eigenvalue weighted by molar-refractivity contribution is 7.99. The van der Waals surface area contributed by atoms with E-state index in [9.17, 15) is 4.79 Å². The summed E-state index contributed by atoms with van der Waals surface area (Å²) in [5.41, 5.74) is 1.47. The van der Waals surface area contributed by atoms with Crippen LogP contribution < -0.4 is 5.69 Å². The molecule has 0 aliphatic rings. The van der Waals surface area contributed by atoms with E-state index in [-0.39, 0.29) is 10.8 Å². The van der Waals surface area contributed by atoms with Crippen LogP contribution in [0.3, 0.4) is 0 Å². The van der Waals surface area contributed by atoms with Crippen molar-refractivity contribution in [3.05, 3.63) is 39.9 Å². The van der Waals surface area contributed by atoms with Gasteiger partial charge in [-0.1, -0.05) is 30.3 Å². The highest BCUT2D eigenvalue weighted by Crippen LogP contribution is 2.22. The molecule has 0 bridgehead atoms. The molecule has 3 aromatic rings. The minimum absolute atomic E-state index is 0.253. The molecule has 9 heteroatoms. The molecule has 0 aliphatic heterocycles. The van der Waals surface area contributed by atoms with Crippen LogP contribution in [0.25, 0.3) is 11.2 Å². The van der Waals surface area contributed by atoms with Crippen molar-refractivity contribution in [3.8, 4) is 0 Å². The molecule has 0 unspecified atom stereocenters. The van der Waals surface area contributed by atoms with Crippen molar-refractivity contribution in [3.63, 3.8) is 0 Å². The summed E-state index contributed by atoms with van der Waals surface area (Å²) >= 11 is 7.67. The van der Waals surface area contributed by atoms with E-state index in [2.05, 4.69) is 31.8 Å². The fourth-order valence-corrected chi connectivity index (χ4v) is 2.93. The summed E-state index contributed by atoms with van der Waals surface area (Å²) in [5.74, 6) is 0.892. The van der Waals surface area contributed by atoms with Gasteiger partial charge in [-0.15, -0.1) is 0 Å². The zero-order valence-corrected chi connectivity index (χ0v) is 13.4. The standard InChI is InChI=1S/C13H13ClN6OS/c1-2-3-22-12-18-10(14)9-11(19-12)20(13(21)17-9)6-8-4-15-7-16-5-8/h4-5,7H,2-3,6H2,1H3,(H,17,21). The van der Waals surface area contributed by atoms with Crippen molar-refractivity contribution in [1.29, 1.82) is 0 Å². The summed E-state index contributed by atoms with van der Waals surface area (Å²) in [4.78, 5) is 31.4. The first-order chi connectivity index (χ1) is 10.7. The van der Waals surface area contributed by atoms with Crippen LogP contribution in [0.15, 0.2) is 28.7 Å². The number of aromatic amines is 1. The van der Waals surface area contributed by atoms with E-state index in [1.54, 1.807) is 12.4 Å². The van der Waals surface area contributed by atoms with Crippen LogP contribution in [0.2, 0.25) is 5.15 Å². The average Bonchev–Trinajstić information content (AvgIpc) is 2.83. The molecule has 0 spiro atoms. The van der Waals surface area contributed by atoms with Crippen molar-refractivity contribution in [2.75, 3.05) is 5.75 Å². The molecule has 1 N–H and O–H groups in total. The van der Waals surface area contributed by atoms with Gasteiger partial charge in [-0.25, -0.2) is 24.7 Å². The fourth-order valence-electron chi connectivity index (χ4n) is 1.98. The molecule has 0 saturated carbocycles. The van der Waals surface area contributed by atoms with Gasteiger partial charge >= 0.3 is 5.69 Å². The first-order valence-corrected chi connectivity index (χ1v) is 8.08. The lowest BCUT2D eigenvalue weighted by Gasteiger charge is -2.04. The number of rotatable bonds is 5. The van der Waals surface area contributed by atoms with E-state index in [0.29, 0.717) is 22.9 Å². The van der Waals surface area contributed by atoms with E-state index in [4.69, 9.17) is 11.6 Å². The number of hydrogen-bond donors (Lipinski definition) is 1. The summed E-state index contributed by atoms with van der Waals surface area (Å²) in [6.45, 7) is 2.40. The quantitative estimate of drug-likeness (QED) is 0.436. The fraction of sp³-hybridized carbons (Fsp3) is 0.308. The number of hydrogen-bond acceptors (Lipinski definition) is 6. The van der Waals surface area contributed by atoms with E-state index in [0.717, 1.165) is 17.7 Å². The van der Waals surface area contributed by atoms with E-state index >= 15 is 0 Å². The molecule has 0 atom stereocenters. The molecule has 22 heavy (non-hydrogen) atoms. The number of halogens is 1. The first-order valence-electron chi connectivity index (χ1n) is 6.71. The van der Waals surface area contributed by atoms with Crippen LogP contribution in [-0.4, -0.2) is 35.2 Å². The Labute approximate surface area is 135 Å². The van der Waals surface area contributed by atoms with Crippen LogP contribution in [-0.2, 0) is 6.54 Å². The monoisotopic (exact) mass is 336 g/mol. The maximum absolute atomic E-state index is 12.2. The van der Waals surface area contributed by atoms with Gasteiger partial charge in [-0.05, 0) is 6.42 Å². The summed E-state index contributed by atoms with van der Waals surface area (Å²) in [5, 5.41) is 0.820. The molecule has 3 rings (SSSR count). The van der Waals surface area contributed by atoms with Gasteiger partial charge in [0.05, 0.1) is 6.54 Å². The molecule has 0 amide bonds. The molecule has 0 radical (unpaired) electrons. The third-order valence-electron chi connectivity index (χ3n) is 2.95. The van der Waals surface area contributed by atoms with Crippen molar-refractivity contribution in [1.82, 2.24) is 29.5 Å². The molecule has 0 saturated heterocycles. The number of H-pyrrole nitrogens is 1. The Morgan fingerprint density at radius 3 is 2.82 bits per heavy atom. The van der Waals surface area contributed by atoms with Crippen molar-refractivity contribution >= 4 is 34.5 Å². The number of imidazole rings is 1. The normalized spacial score (nSPS) is 11.2. The van der Waals surface area contributed by atoms with E-state index < -0.39 is 0 Å². The van der Waals surface area contributed by atoms with Gasteiger partial charge < -0.3 is 4.98 Å². The number of nitrogens with one attached hydrogen (secondary N) is 1. The van der Waals surface area contributed by atoms with Gasteiger partial charge in [0.2, 0.25) is 0 Å². The maximum Gasteiger partial charge on any atom is 0.328 e. The third-order valence-corrected chi connectivity index (χ3v) is 4.27. The smallest absolute Gasteiger partial charge is 0.302 e. The van der Waals surface area contributed by atoms with E-state index in [1.807, 2.05) is 0 Å². The Morgan fingerprint density at radius 1 is 1.32 bits per heavy atom.